The second kappa shape index (κ2) is 10.9. The molecule has 10 aromatic rings. The maximum Gasteiger partial charge on any atom is 0.137 e. The van der Waals surface area contributed by atoms with Crippen molar-refractivity contribution in [2.45, 2.75) is 0 Å². The van der Waals surface area contributed by atoms with Crippen molar-refractivity contribution in [1.29, 1.82) is 0 Å². The Labute approximate surface area is 284 Å². The monoisotopic (exact) mass is 650 g/mol. The van der Waals surface area contributed by atoms with Crippen molar-refractivity contribution in [1.82, 2.24) is 4.98 Å². The number of rotatable bonds is 5. The smallest absolute Gasteiger partial charge is 0.137 e. The molecule has 3 nitrogen and oxygen atoms in total. The summed E-state index contributed by atoms with van der Waals surface area (Å²) in [7, 11) is 0. The number of hydrogen-bond acceptors (Lipinski definition) is 5. The van der Waals surface area contributed by atoms with Crippen LogP contribution in [0.1, 0.15) is 0 Å². The number of para-hydroxylation sites is 2. The van der Waals surface area contributed by atoms with Gasteiger partial charge in [-0.3, -0.25) is 0 Å². The lowest BCUT2D eigenvalue weighted by atomic mass is 10.0. The maximum absolute atomic E-state index is 6.27. The summed E-state index contributed by atoms with van der Waals surface area (Å²) >= 11 is 3.64. The van der Waals surface area contributed by atoms with E-state index >= 15 is 0 Å². The third kappa shape index (κ3) is 4.43. The number of hydrogen-bond donors (Lipinski definition) is 0. The average Bonchev–Trinajstić information content (AvgIpc) is 3.85. The Hall–Kier alpha value is -5.75. The third-order valence-corrected chi connectivity index (χ3v) is 11.4. The van der Waals surface area contributed by atoms with Crippen molar-refractivity contribution in [3.8, 4) is 21.7 Å². The highest BCUT2D eigenvalue weighted by molar-refractivity contribution is 7.28. The minimum Gasteiger partial charge on any atom is -0.456 e. The van der Waals surface area contributed by atoms with E-state index in [-0.39, 0.29) is 0 Å². The standard InChI is InChI=1S/C43H26N2OS2/c1-3-9-28(10-4-1)43-44-36-22-24-40-41(42(36)48-43)35-25-29(17-23-39(35)47-40)27-15-18-31(19-16-27)45(30-11-5-2-6-12-30)32-20-21-34-33-13-7-8-14-37(33)46-38(34)26-32/h1-26H. The van der Waals surface area contributed by atoms with E-state index in [1.165, 1.54) is 36.0 Å². The zero-order valence-electron chi connectivity index (χ0n) is 25.6. The number of benzene rings is 7. The summed E-state index contributed by atoms with van der Waals surface area (Å²) < 4.78 is 10.1. The van der Waals surface area contributed by atoms with Crippen molar-refractivity contribution in [3.05, 3.63) is 158 Å². The Balaban J connectivity index is 1.06. The number of anilines is 3. The minimum absolute atomic E-state index is 0.883. The lowest BCUT2D eigenvalue weighted by Crippen LogP contribution is -2.09. The van der Waals surface area contributed by atoms with Crippen LogP contribution in [-0.2, 0) is 0 Å². The van der Waals surface area contributed by atoms with Crippen molar-refractivity contribution >= 4 is 92.1 Å². The van der Waals surface area contributed by atoms with E-state index in [4.69, 9.17) is 9.40 Å². The summed E-state index contributed by atoms with van der Waals surface area (Å²) in [5, 5.41) is 5.92. The second-order valence-electron chi connectivity index (χ2n) is 12.0. The van der Waals surface area contributed by atoms with Crippen molar-refractivity contribution in [2.24, 2.45) is 0 Å². The number of thiazole rings is 1. The normalized spacial score (nSPS) is 11.8. The van der Waals surface area contributed by atoms with Crippen LogP contribution in [0.15, 0.2) is 162 Å². The molecule has 0 spiro atoms. The van der Waals surface area contributed by atoms with Crippen LogP contribution in [0.3, 0.4) is 0 Å². The van der Waals surface area contributed by atoms with Crippen LogP contribution in [0.2, 0.25) is 0 Å². The van der Waals surface area contributed by atoms with E-state index < -0.39 is 0 Å². The molecule has 0 fully saturated rings. The van der Waals surface area contributed by atoms with Gasteiger partial charge in [-0.1, -0.05) is 84.9 Å². The van der Waals surface area contributed by atoms with Gasteiger partial charge in [0.15, 0.2) is 0 Å². The van der Waals surface area contributed by atoms with Crippen LogP contribution in [0.25, 0.3) is 74.0 Å². The Kier molecular flexibility index (Phi) is 6.22. The first-order chi connectivity index (χ1) is 23.8. The Morgan fingerprint density at radius 1 is 0.458 bits per heavy atom. The SMILES string of the molecule is c1ccc(-c2nc3ccc4sc5ccc(-c6ccc(N(c7ccccc7)c7ccc8c(c7)oc7ccccc78)cc6)cc5c4c3s2)cc1. The highest BCUT2D eigenvalue weighted by Gasteiger charge is 2.17. The molecule has 0 unspecified atom stereocenters. The first-order valence-corrected chi connectivity index (χ1v) is 17.6. The van der Waals surface area contributed by atoms with Crippen LogP contribution in [0, 0.1) is 0 Å². The lowest BCUT2D eigenvalue weighted by molar-refractivity contribution is 0.669. The van der Waals surface area contributed by atoms with Gasteiger partial charge in [0.2, 0.25) is 0 Å². The summed E-state index contributed by atoms with van der Waals surface area (Å²) in [5.74, 6) is 0. The van der Waals surface area contributed by atoms with Crippen LogP contribution in [0.4, 0.5) is 17.1 Å². The average molecular weight is 651 g/mol. The van der Waals surface area contributed by atoms with Gasteiger partial charge in [0.05, 0.1) is 10.2 Å². The number of nitrogens with zero attached hydrogens (tertiary/aromatic N) is 2. The van der Waals surface area contributed by atoms with Gasteiger partial charge in [0.1, 0.15) is 16.2 Å². The molecule has 5 heteroatoms. The van der Waals surface area contributed by atoms with Crippen LogP contribution in [0.5, 0.6) is 0 Å². The van der Waals surface area contributed by atoms with Gasteiger partial charge in [-0.05, 0) is 77.9 Å². The molecule has 3 aromatic heterocycles. The van der Waals surface area contributed by atoms with Gasteiger partial charge in [0.25, 0.3) is 0 Å². The summed E-state index contributed by atoms with van der Waals surface area (Å²) in [6.45, 7) is 0. The molecule has 0 aliphatic rings. The highest BCUT2D eigenvalue weighted by atomic mass is 32.1. The van der Waals surface area contributed by atoms with E-state index in [1.54, 1.807) is 11.3 Å². The zero-order chi connectivity index (χ0) is 31.6. The molecule has 0 aliphatic heterocycles. The molecule has 7 aromatic carbocycles. The minimum atomic E-state index is 0.883. The van der Waals surface area contributed by atoms with E-state index in [0.717, 1.165) is 55.1 Å². The molecule has 226 valence electrons. The Bertz CT molecular complexity index is 2780. The van der Waals surface area contributed by atoms with E-state index in [0.29, 0.717) is 0 Å². The van der Waals surface area contributed by atoms with Gasteiger partial charge >= 0.3 is 0 Å². The fraction of sp³-hybridized carbons (Fsp3) is 0. The lowest BCUT2D eigenvalue weighted by Gasteiger charge is -2.25. The Morgan fingerprint density at radius 3 is 2.00 bits per heavy atom. The van der Waals surface area contributed by atoms with Crippen LogP contribution in [-0.4, -0.2) is 4.98 Å². The molecule has 0 amide bonds. The summed E-state index contributed by atoms with van der Waals surface area (Å²) in [4.78, 5) is 7.31. The Morgan fingerprint density at radius 2 is 1.15 bits per heavy atom. The van der Waals surface area contributed by atoms with Crippen molar-refractivity contribution < 1.29 is 4.42 Å². The molecule has 48 heavy (non-hydrogen) atoms. The molecule has 0 N–H and O–H groups in total. The quantitative estimate of drug-likeness (QED) is 0.186. The summed E-state index contributed by atoms with van der Waals surface area (Å²) in [6, 6.07) is 55.9. The zero-order valence-corrected chi connectivity index (χ0v) is 27.3. The number of aromatic nitrogens is 1. The largest absolute Gasteiger partial charge is 0.456 e. The summed E-state index contributed by atoms with van der Waals surface area (Å²) in [6.07, 6.45) is 0. The van der Waals surface area contributed by atoms with E-state index in [1.807, 2.05) is 23.5 Å². The molecule has 0 saturated carbocycles. The molecule has 0 saturated heterocycles. The fourth-order valence-corrected chi connectivity index (χ4v) is 9.10. The van der Waals surface area contributed by atoms with E-state index in [2.05, 4.69) is 150 Å². The van der Waals surface area contributed by atoms with Gasteiger partial charge in [-0.15, -0.1) is 22.7 Å². The number of furan rings is 1. The second-order valence-corrected chi connectivity index (χ2v) is 14.1. The summed E-state index contributed by atoms with van der Waals surface area (Å²) in [5.41, 5.74) is 9.62. The molecule has 0 aliphatic carbocycles. The number of thiophene rings is 1. The van der Waals surface area contributed by atoms with Crippen LogP contribution >= 0.6 is 22.7 Å². The maximum atomic E-state index is 6.27. The molecule has 10 rings (SSSR count). The van der Waals surface area contributed by atoms with Gasteiger partial charge in [-0.2, -0.15) is 0 Å². The van der Waals surface area contributed by atoms with Crippen molar-refractivity contribution in [3.63, 3.8) is 0 Å². The van der Waals surface area contributed by atoms with Crippen LogP contribution < -0.4 is 4.90 Å². The van der Waals surface area contributed by atoms with E-state index in [9.17, 15) is 0 Å². The van der Waals surface area contributed by atoms with Gasteiger partial charge in [-0.25, -0.2) is 4.98 Å². The predicted molar refractivity (Wildman–Crippen MR) is 205 cm³/mol. The fourth-order valence-electron chi connectivity index (χ4n) is 6.81. The topological polar surface area (TPSA) is 29.3 Å². The first kappa shape index (κ1) is 27.4. The first-order valence-electron chi connectivity index (χ1n) is 15.9. The highest BCUT2D eigenvalue weighted by Crippen LogP contribution is 2.44. The molecular formula is C43H26N2OS2. The van der Waals surface area contributed by atoms with Gasteiger partial charge in [0, 0.05) is 59.6 Å². The predicted octanol–water partition coefficient (Wildman–Crippen LogP) is 13.4. The van der Waals surface area contributed by atoms with Crippen molar-refractivity contribution in [2.75, 3.05) is 4.90 Å². The molecular weight excluding hydrogens is 625 g/mol. The van der Waals surface area contributed by atoms with Gasteiger partial charge < -0.3 is 9.32 Å². The third-order valence-electron chi connectivity index (χ3n) is 9.10. The molecule has 0 bridgehead atoms. The molecule has 0 atom stereocenters. The molecule has 0 radical (unpaired) electrons. The molecule has 3 heterocycles. The number of fused-ring (bicyclic) bond motifs is 8.